The SMILES string of the molecule is COc1cccc(Cc2nsc(N3CCN(C(=O)C4CC4)C(C)C3)n2)c1. The maximum atomic E-state index is 12.3. The van der Waals surface area contributed by atoms with E-state index in [1.807, 2.05) is 23.1 Å². The van der Waals surface area contributed by atoms with E-state index in [2.05, 4.69) is 22.3 Å². The Bertz CT molecular complexity index is 789. The van der Waals surface area contributed by atoms with Gasteiger partial charge < -0.3 is 14.5 Å². The maximum absolute atomic E-state index is 12.3. The maximum Gasteiger partial charge on any atom is 0.226 e. The van der Waals surface area contributed by atoms with Gasteiger partial charge in [-0.25, -0.2) is 4.98 Å². The van der Waals surface area contributed by atoms with Crippen molar-refractivity contribution in [2.24, 2.45) is 5.92 Å². The lowest BCUT2D eigenvalue weighted by Gasteiger charge is -2.39. The predicted molar refractivity (Wildman–Crippen MR) is 102 cm³/mol. The Kier molecular flexibility index (Phi) is 4.80. The van der Waals surface area contributed by atoms with Crippen LogP contribution in [0.5, 0.6) is 5.75 Å². The number of amides is 1. The summed E-state index contributed by atoms with van der Waals surface area (Å²) in [6.07, 6.45) is 2.83. The summed E-state index contributed by atoms with van der Waals surface area (Å²) in [4.78, 5) is 21.4. The quantitative estimate of drug-likeness (QED) is 0.807. The van der Waals surface area contributed by atoms with Gasteiger partial charge >= 0.3 is 0 Å². The van der Waals surface area contributed by atoms with Crippen LogP contribution in [-0.2, 0) is 11.2 Å². The van der Waals surface area contributed by atoms with E-state index in [-0.39, 0.29) is 6.04 Å². The van der Waals surface area contributed by atoms with E-state index in [0.29, 0.717) is 18.2 Å². The van der Waals surface area contributed by atoms with E-state index in [1.165, 1.54) is 11.5 Å². The van der Waals surface area contributed by atoms with Gasteiger partial charge in [-0.05, 0) is 37.5 Å². The van der Waals surface area contributed by atoms with Crippen molar-refractivity contribution in [3.8, 4) is 5.75 Å². The smallest absolute Gasteiger partial charge is 0.226 e. The van der Waals surface area contributed by atoms with E-state index < -0.39 is 0 Å². The van der Waals surface area contributed by atoms with E-state index in [4.69, 9.17) is 9.72 Å². The molecule has 2 aliphatic rings. The van der Waals surface area contributed by atoms with Crippen LogP contribution in [0.25, 0.3) is 0 Å². The third kappa shape index (κ3) is 3.67. The number of aromatic nitrogens is 2. The molecule has 1 atom stereocenters. The molecule has 1 saturated carbocycles. The molecule has 0 bridgehead atoms. The van der Waals surface area contributed by atoms with E-state index >= 15 is 0 Å². The Labute approximate surface area is 158 Å². The van der Waals surface area contributed by atoms with Crippen LogP contribution in [0.4, 0.5) is 5.13 Å². The molecular weight excluding hydrogens is 348 g/mol. The minimum Gasteiger partial charge on any atom is -0.497 e. The largest absolute Gasteiger partial charge is 0.497 e. The summed E-state index contributed by atoms with van der Waals surface area (Å²) in [5, 5.41) is 0.952. The number of carbonyl (C=O) groups is 1. The zero-order valence-corrected chi connectivity index (χ0v) is 16.0. The zero-order chi connectivity index (χ0) is 18.1. The van der Waals surface area contributed by atoms with Gasteiger partial charge in [0.15, 0.2) is 0 Å². The van der Waals surface area contributed by atoms with Crippen LogP contribution >= 0.6 is 11.5 Å². The summed E-state index contributed by atoms with van der Waals surface area (Å²) in [6.45, 7) is 4.56. The molecule has 0 radical (unpaired) electrons. The predicted octanol–water partition coefficient (Wildman–Crippen LogP) is 2.58. The van der Waals surface area contributed by atoms with Gasteiger partial charge in [0.1, 0.15) is 11.6 Å². The molecule has 2 heterocycles. The number of hydrogen-bond donors (Lipinski definition) is 0. The highest BCUT2D eigenvalue weighted by molar-refractivity contribution is 7.09. The lowest BCUT2D eigenvalue weighted by molar-refractivity contribution is -0.134. The molecule has 1 unspecified atom stereocenters. The molecule has 6 nitrogen and oxygen atoms in total. The first kappa shape index (κ1) is 17.3. The minimum atomic E-state index is 0.225. The van der Waals surface area contributed by atoms with Gasteiger partial charge in [-0.15, -0.1) is 0 Å². The van der Waals surface area contributed by atoms with Crippen molar-refractivity contribution in [1.82, 2.24) is 14.3 Å². The van der Waals surface area contributed by atoms with Gasteiger partial charge in [0, 0.05) is 49.5 Å². The van der Waals surface area contributed by atoms with Crippen molar-refractivity contribution < 1.29 is 9.53 Å². The molecule has 138 valence electrons. The topological polar surface area (TPSA) is 58.6 Å². The number of piperazine rings is 1. The molecule has 2 fully saturated rings. The first-order chi connectivity index (χ1) is 12.6. The van der Waals surface area contributed by atoms with Crippen molar-refractivity contribution >= 4 is 22.6 Å². The number of ether oxygens (including phenoxy) is 1. The number of benzene rings is 1. The third-order valence-corrected chi connectivity index (χ3v) is 5.88. The second kappa shape index (κ2) is 7.23. The van der Waals surface area contributed by atoms with E-state index in [0.717, 1.165) is 54.7 Å². The van der Waals surface area contributed by atoms with Crippen molar-refractivity contribution in [3.05, 3.63) is 35.7 Å². The molecule has 7 heteroatoms. The van der Waals surface area contributed by atoms with E-state index in [1.54, 1.807) is 7.11 Å². The lowest BCUT2D eigenvalue weighted by Crippen LogP contribution is -2.54. The Morgan fingerprint density at radius 1 is 1.35 bits per heavy atom. The first-order valence-corrected chi connectivity index (χ1v) is 9.92. The molecular formula is C19H24N4O2S. The molecule has 0 N–H and O–H groups in total. The second-order valence-corrected chi connectivity index (χ2v) is 7.85. The molecule has 2 aromatic rings. The fourth-order valence-electron chi connectivity index (χ4n) is 3.43. The van der Waals surface area contributed by atoms with Crippen LogP contribution in [0, 0.1) is 5.92 Å². The van der Waals surface area contributed by atoms with Crippen molar-refractivity contribution in [2.45, 2.75) is 32.2 Å². The molecule has 1 aliphatic carbocycles. The van der Waals surface area contributed by atoms with Gasteiger partial charge in [0.05, 0.1) is 7.11 Å². The Morgan fingerprint density at radius 2 is 2.19 bits per heavy atom. The normalized spacial score (nSPS) is 20.3. The van der Waals surface area contributed by atoms with Crippen LogP contribution in [0.15, 0.2) is 24.3 Å². The van der Waals surface area contributed by atoms with Crippen LogP contribution in [0.2, 0.25) is 0 Å². The fourth-order valence-corrected chi connectivity index (χ4v) is 4.15. The first-order valence-electron chi connectivity index (χ1n) is 9.15. The summed E-state index contributed by atoms with van der Waals surface area (Å²) in [6, 6.07) is 8.23. The monoisotopic (exact) mass is 372 g/mol. The molecule has 1 saturated heterocycles. The minimum absolute atomic E-state index is 0.225. The number of carbonyl (C=O) groups excluding carboxylic acids is 1. The number of anilines is 1. The third-order valence-electron chi connectivity index (χ3n) is 5.06. The van der Waals surface area contributed by atoms with Gasteiger partial charge in [0.25, 0.3) is 0 Å². The molecule has 1 aromatic carbocycles. The molecule has 1 aromatic heterocycles. The number of nitrogens with zero attached hydrogens (tertiary/aromatic N) is 4. The van der Waals surface area contributed by atoms with Gasteiger partial charge in [0.2, 0.25) is 11.0 Å². The summed E-state index contributed by atoms with van der Waals surface area (Å²) < 4.78 is 9.80. The highest BCUT2D eigenvalue weighted by atomic mass is 32.1. The second-order valence-electron chi connectivity index (χ2n) is 7.12. The molecule has 1 amide bonds. The Morgan fingerprint density at radius 3 is 2.92 bits per heavy atom. The Balaban J connectivity index is 1.39. The van der Waals surface area contributed by atoms with Crippen molar-refractivity contribution in [1.29, 1.82) is 0 Å². The van der Waals surface area contributed by atoms with Crippen LogP contribution < -0.4 is 9.64 Å². The lowest BCUT2D eigenvalue weighted by atomic mass is 10.1. The Hall–Kier alpha value is -2.15. The number of rotatable bonds is 5. The molecule has 1 aliphatic heterocycles. The van der Waals surface area contributed by atoms with Gasteiger partial charge in [-0.1, -0.05) is 12.1 Å². The van der Waals surface area contributed by atoms with Gasteiger partial charge in [-0.3, -0.25) is 4.79 Å². The number of hydrogen-bond acceptors (Lipinski definition) is 6. The molecule has 0 spiro atoms. The van der Waals surface area contributed by atoms with Crippen LogP contribution in [0.3, 0.4) is 0 Å². The van der Waals surface area contributed by atoms with Crippen molar-refractivity contribution in [3.63, 3.8) is 0 Å². The highest BCUT2D eigenvalue weighted by Gasteiger charge is 2.37. The van der Waals surface area contributed by atoms with Gasteiger partial charge in [-0.2, -0.15) is 4.37 Å². The fraction of sp³-hybridized carbons (Fsp3) is 0.526. The van der Waals surface area contributed by atoms with Crippen LogP contribution in [-0.4, -0.2) is 53.0 Å². The average Bonchev–Trinajstić information content (AvgIpc) is 3.41. The van der Waals surface area contributed by atoms with Crippen molar-refractivity contribution in [2.75, 3.05) is 31.6 Å². The highest BCUT2D eigenvalue weighted by Crippen LogP contribution is 2.33. The average molecular weight is 372 g/mol. The number of methoxy groups -OCH3 is 1. The summed E-state index contributed by atoms with van der Waals surface area (Å²) in [7, 11) is 1.67. The molecule has 26 heavy (non-hydrogen) atoms. The summed E-state index contributed by atoms with van der Waals surface area (Å²) >= 11 is 1.45. The summed E-state index contributed by atoms with van der Waals surface area (Å²) in [5.74, 6) is 2.32. The molecule has 4 rings (SSSR count). The van der Waals surface area contributed by atoms with Crippen LogP contribution in [0.1, 0.15) is 31.2 Å². The van der Waals surface area contributed by atoms with E-state index in [9.17, 15) is 4.79 Å². The zero-order valence-electron chi connectivity index (χ0n) is 15.2. The summed E-state index contributed by atoms with van der Waals surface area (Å²) in [5.41, 5.74) is 1.14. The standard InChI is InChI=1S/C19H24N4O2S/c1-13-12-22(8-9-23(13)18(24)15-6-7-15)19-20-17(21-26-19)11-14-4-3-5-16(10-14)25-2/h3-5,10,13,15H,6-9,11-12H2,1-2H3.